The molecular weight excluding hydrogens is 272 g/mol. The zero-order valence-electron chi connectivity index (χ0n) is 13.7. The van der Waals surface area contributed by atoms with Gasteiger partial charge in [0.2, 0.25) is 0 Å². The Kier molecular flexibility index (Phi) is 3.91. The molecule has 5 aliphatic carbocycles. The highest BCUT2D eigenvalue weighted by Gasteiger charge is 2.51. The summed E-state index contributed by atoms with van der Waals surface area (Å²) in [4.78, 5) is 12.3. The molecular formula is C19H30N2O. The van der Waals surface area contributed by atoms with Crippen LogP contribution in [-0.2, 0) is 0 Å². The van der Waals surface area contributed by atoms with Gasteiger partial charge in [0.15, 0.2) is 0 Å². The van der Waals surface area contributed by atoms with Crippen LogP contribution in [0, 0.1) is 23.7 Å². The van der Waals surface area contributed by atoms with Crippen LogP contribution in [0.3, 0.4) is 0 Å². The molecule has 0 aromatic heterocycles. The minimum atomic E-state index is 0.0222. The molecule has 0 radical (unpaired) electrons. The first-order valence-electron chi connectivity index (χ1n) is 9.46. The highest BCUT2D eigenvalue weighted by Crippen LogP contribution is 2.55. The average molecular weight is 302 g/mol. The van der Waals surface area contributed by atoms with E-state index in [0.717, 1.165) is 17.8 Å². The summed E-state index contributed by atoms with van der Waals surface area (Å²) in [6, 6.07) is 0.0222. The summed E-state index contributed by atoms with van der Waals surface area (Å²) in [7, 11) is 0. The lowest BCUT2D eigenvalue weighted by molar-refractivity contribution is -0.0133. The van der Waals surface area contributed by atoms with E-state index < -0.39 is 0 Å². The molecule has 4 bridgehead atoms. The molecule has 2 N–H and O–H groups in total. The quantitative estimate of drug-likeness (QED) is 0.799. The molecule has 0 heterocycles. The Morgan fingerprint density at radius 1 is 0.909 bits per heavy atom. The minimum absolute atomic E-state index is 0.0222. The van der Waals surface area contributed by atoms with E-state index >= 15 is 0 Å². The minimum Gasteiger partial charge on any atom is -0.332 e. The number of hydrogen-bond donors (Lipinski definition) is 2. The fourth-order valence-electron chi connectivity index (χ4n) is 6.13. The third kappa shape index (κ3) is 3.04. The first-order valence-corrected chi connectivity index (χ1v) is 9.46. The molecule has 0 atom stereocenters. The Bertz CT molecular complexity index is 415. The predicted octanol–water partition coefficient (Wildman–Crippen LogP) is 4.35. The van der Waals surface area contributed by atoms with Crippen molar-refractivity contribution < 1.29 is 4.79 Å². The van der Waals surface area contributed by atoms with Gasteiger partial charge in [-0.1, -0.05) is 25.3 Å². The highest BCUT2D eigenvalue weighted by atomic mass is 16.2. The van der Waals surface area contributed by atoms with Crippen LogP contribution >= 0.6 is 0 Å². The zero-order chi connectivity index (χ0) is 15.0. The molecule has 0 aromatic rings. The van der Waals surface area contributed by atoms with Gasteiger partial charge >= 0.3 is 6.03 Å². The number of carbonyl (C=O) groups excluding carboxylic acids is 1. The first kappa shape index (κ1) is 14.6. The molecule has 3 nitrogen and oxygen atoms in total. The van der Waals surface area contributed by atoms with Crippen LogP contribution in [0.15, 0.2) is 12.3 Å². The maximum absolute atomic E-state index is 12.3. The second-order valence-corrected chi connectivity index (χ2v) is 8.55. The van der Waals surface area contributed by atoms with E-state index in [1.165, 1.54) is 70.6 Å². The monoisotopic (exact) mass is 302 g/mol. The fourth-order valence-corrected chi connectivity index (χ4v) is 6.13. The Morgan fingerprint density at radius 3 is 2.09 bits per heavy atom. The van der Waals surface area contributed by atoms with Crippen molar-refractivity contribution in [2.24, 2.45) is 23.7 Å². The van der Waals surface area contributed by atoms with E-state index in [0.29, 0.717) is 5.92 Å². The SMILES string of the molecule is O=C(N/C=C/C1CCCCC1)NC12CC3CC(CC(C3)C1)C2. The lowest BCUT2D eigenvalue weighted by Crippen LogP contribution is -2.61. The smallest absolute Gasteiger partial charge is 0.319 e. The van der Waals surface area contributed by atoms with Crippen LogP contribution in [0.1, 0.15) is 70.6 Å². The van der Waals surface area contributed by atoms with E-state index in [-0.39, 0.29) is 11.6 Å². The number of allylic oxidation sites excluding steroid dienone is 1. The van der Waals surface area contributed by atoms with Crippen molar-refractivity contribution in [2.75, 3.05) is 0 Å². The normalized spacial score (nSPS) is 41.0. The van der Waals surface area contributed by atoms with E-state index in [1.54, 1.807) is 0 Å². The van der Waals surface area contributed by atoms with Gasteiger partial charge in [0.25, 0.3) is 0 Å². The third-order valence-corrected chi connectivity index (χ3v) is 6.65. The van der Waals surface area contributed by atoms with E-state index in [2.05, 4.69) is 16.7 Å². The lowest BCUT2D eigenvalue weighted by Gasteiger charge is -2.56. The summed E-state index contributed by atoms with van der Waals surface area (Å²) in [5.74, 6) is 3.31. The molecule has 0 aromatic carbocycles. The number of urea groups is 1. The first-order chi connectivity index (χ1) is 10.7. The van der Waals surface area contributed by atoms with Gasteiger partial charge in [-0.05, 0) is 75.0 Å². The van der Waals surface area contributed by atoms with Crippen LogP contribution in [0.4, 0.5) is 4.79 Å². The predicted molar refractivity (Wildman–Crippen MR) is 88.3 cm³/mol. The Balaban J connectivity index is 1.29. The van der Waals surface area contributed by atoms with Gasteiger partial charge in [-0.3, -0.25) is 0 Å². The van der Waals surface area contributed by atoms with Crippen molar-refractivity contribution in [3.63, 3.8) is 0 Å². The third-order valence-electron chi connectivity index (χ3n) is 6.65. The van der Waals surface area contributed by atoms with Gasteiger partial charge in [-0.2, -0.15) is 0 Å². The standard InChI is InChI=1S/C19H30N2O/c22-18(20-7-6-14-4-2-1-3-5-14)21-19-11-15-8-16(12-19)10-17(9-15)13-19/h6-7,14-17H,1-5,8-13H2,(H2,20,21,22)/b7-6+. The van der Waals surface area contributed by atoms with Crippen molar-refractivity contribution >= 4 is 6.03 Å². The van der Waals surface area contributed by atoms with Gasteiger partial charge in [0.1, 0.15) is 0 Å². The molecule has 122 valence electrons. The van der Waals surface area contributed by atoms with E-state index in [1.807, 2.05) is 6.20 Å². The van der Waals surface area contributed by atoms with Crippen LogP contribution in [0.25, 0.3) is 0 Å². The van der Waals surface area contributed by atoms with Gasteiger partial charge in [-0.25, -0.2) is 4.79 Å². The molecule has 22 heavy (non-hydrogen) atoms. The second-order valence-electron chi connectivity index (χ2n) is 8.55. The lowest BCUT2D eigenvalue weighted by atomic mass is 9.53. The zero-order valence-corrected chi connectivity index (χ0v) is 13.7. The Labute approximate surface area is 134 Å². The summed E-state index contributed by atoms with van der Waals surface area (Å²) >= 11 is 0. The van der Waals surface area contributed by atoms with Gasteiger partial charge in [0, 0.05) is 11.7 Å². The maximum Gasteiger partial charge on any atom is 0.319 e. The number of hydrogen-bond acceptors (Lipinski definition) is 1. The van der Waals surface area contributed by atoms with E-state index in [9.17, 15) is 4.79 Å². The summed E-state index contributed by atoms with van der Waals surface area (Å²) in [6.07, 6.45) is 18.7. The van der Waals surface area contributed by atoms with Crippen molar-refractivity contribution in [3.8, 4) is 0 Å². The molecule has 5 fully saturated rings. The molecule has 0 aliphatic heterocycles. The molecule has 0 saturated heterocycles. The topological polar surface area (TPSA) is 41.1 Å². The average Bonchev–Trinajstić information content (AvgIpc) is 2.46. The van der Waals surface area contributed by atoms with Crippen molar-refractivity contribution in [2.45, 2.75) is 76.2 Å². The second kappa shape index (κ2) is 5.90. The molecule has 0 spiro atoms. The van der Waals surface area contributed by atoms with Crippen LogP contribution < -0.4 is 10.6 Å². The van der Waals surface area contributed by atoms with E-state index in [4.69, 9.17) is 0 Å². The summed E-state index contributed by atoms with van der Waals surface area (Å²) in [5.41, 5.74) is 0.123. The number of amides is 2. The number of rotatable bonds is 3. The van der Waals surface area contributed by atoms with Gasteiger partial charge in [-0.15, -0.1) is 0 Å². The maximum atomic E-state index is 12.3. The summed E-state index contributed by atoms with van der Waals surface area (Å²) in [5, 5.41) is 6.34. The molecule has 5 aliphatic rings. The fraction of sp³-hybridized carbons (Fsp3) is 0.842. The summed E-state index contributed by atoms with van der Waals surface area (Å²) in [6.45, 7) is 0. The molecule has 3 heteroatoms. The van der Waals surface area contributed by atoms with Gasteiger partial charge < -0.3 is 10.6 Å². The molecule has 2 amide bonds. The van der Waals surface area contributed by atoms with Crippen molar-refractivity contribution in [1.29, 1.82) is 0 Å². The van der Waals surface area contributed by atoms with Crippen LogP contribution in [0.5, 0.6) is 0 Å². The molecule has 5 rings (SSSR count). The van der Waals surface area contributed by atoms with Crippen LogP contribution in [0.2, 0.25) is 0 Å². The Hall–Kier alpha value is -0.990. The molecule has 0 unspecified atom stereocenters. The number of nitrogens with one attached hydrogen (secondary N) is 2. The van der Waals surface area contributed by atoms with Crippen LogP contribution in [-0.4, -0.2) is 11.6 Å². The number of carbonyl (C=O) groups is 1. The van der Waals surface area contributed by atoms with Crippen molar-refractivity contribution in [3.05, 3.63) is 12.3 Å². The Morgan fingerprint density at radius 2 is 1.50 bits per heavy atom. The highest BCUT2D eigenvalue weighted by molar-refractivity contribution is 5.75. The summed E-state index contributed by atoms with van der Waals surface area (Å²) < 4.78 is 0. The van der Waals surface area contributed by atoms with Crippen molar-refractivity contribution in [1.82, 2.24) is 10.6 Å². The molecule has 5 saturated carbocycles. The largest absolute Gasteiger partial charge is 0.332 e. The van der Waals surface area contributed by atoms with Gasteiger partial charge in [0.05, 0.1) is 0 Å².